The van der Waals surface area contributed by atoms with Crippen molar-refractivity contribution in [3.05, 3.63) is 101 Å². The van der Waals surface area contributed by atoms with E-state index in [0.717, 1.165) is 21.7 Å². The van der Waals surface area contributed by atoms with Gasteiger partial charge in [-0.15, -0.1) is 0 Å². The van der Waals surface area contributed by atoms with Crippen molar-refractivity contribution in [2.45, 2.75) is 38.8 Å². The van der Waals surface area contributed by atoms with Crippen LogP contribution in [0.15, 0.2) is 78.9 Å². The normalized spacial score (nSPS) is 12.2. The minimum absolute atomic E-state index is 0.00299. The monoisotopic (exact) mass is 539 g/mol. The van der Waals surface area contributed by atoms with Gasteiger partial charge in [0.05, 0.1) is 11.9 Å². The SMILES string of the molecule is CNC(=O)[C@H](Cc1ccccc1)N(Cc1ccccc1F)C(=O)CN(c1ccccc1C(C)C)S(C)(=O)=O. The van der Waals surface area contributed by atoms with Gasteiger partial charge in [-0.25, -0.2) is 12.8 Å². The molecule has 0 unspecified atom stereocenters. The number of benzene rings is 3. The van der Waals surface area contributed by atoms with Gasteiger partial charge in [0.25, 0.3) is 0 Å². The van der Waals surface area contributed by atoms with Crippen LogP contribution in [0.4, 0.5) is 10.1 Å². The molecule has 0 radical (unpaired) electrons. The lowest BCUT2D eigenvalue weighted by Crippen LogP contribution is -2.53. The van der Waals surface area contributed by atoms with Crippen molar-refractivity contribution in [3.63, 3.8) is 0 Å². The molecule has 3 rings (SSSR count). The van der Waals surface area contributed by atoms with E-state index >= 15 is 0 Å². The van der Waals surface area contributed by atoms with Crippen LogP contribution >= 0.6 is 0 Å². The first-order valence-electron chi connectivity index (χ1n) is 12.4. The van der Waals surface area contributed by atoms with Crippen LogP contribution in [0.5, 0.6) is 0 Å². The minimum atomic E-state index is -3.88. The van der Waals surface area contributed by atoms with Crippen molar-refractivity contribution < 1.29 is 22.4 Å². The number of nitrogens with zero attached hydrogens (tertiary/aromatic N) is 2. The van der Waals surface area contributed by atoms with Crippen molar-refractivity contribution >= 4 is 27.5 Å². The maximum atomic E-state index is 14.7. The molecule has 0 bridgehead atoms. The number of halogens is 1. The molecule has 1 N–H and O–H groups in total. The van der Waals surface area contributed by atoms with Gasteiger partial charge >= 0.3 is 0 Å². The predicted octanol–water partition coefficient (Wildman–Crippen LogP) is 4.10. The number of carbonyl (C=O) groups is 2. The number of nitrogens with one attached hydrogen (secondary N) is 1. The summed E-state index contributed by atoms with van der Waals surface area (Å²) < 4.78 is 41.6. The first kappa shape index (κ1) is 28.8. The highest BCUT2D eigenvalue weighted by Crippen LogP contribution is 2.29. The van der Waals surface area contributed by atoms with E-state index in [9.17, 15) is 22.4 Å². The van der Waals surface area contributed by atoms with E-state index in [1.165, 1.54) is 18.0 Å². The summed E-state index contributed by atoms with van der Waals surface area (Å²) >= 11 is 0. The van der Waals surface area contributed by atoms with E-state index in [1.807, 2.05) is 56.3 Å². The van der Waals surface area contributed by atoms with Crippen molar-refractivity contribution in [1.82, 2.24) is 10.2 Å². The van der Waals surface area contributed by atoms with Crippen LogP contribution in [0.3, 0.4) is 0 Å². The number of hydrogen-bond acceptors (Lipinski definition) is 4. The molecule has 0 fully saturated rings. The van der Waals surface area contributed by atoms with Gasteiger partial charge in [-0.2, -0.15) is 0 Å². The van der Waals surface area contributed by atoms with Gasteiger partial charge in [-0.05, 0) is 29.2 Å². The van der Waals surface area contributed by atoms with Crippen molar-refractivity contribution in [1.29, 1.82) is 0 Å². The number of likely N-dealkylation sites (N-methyl/N-ethyl adjacent to an activating group) is 1. The van der Waals surface area contributed by atoms with Gasteiger partial charge in [0.2, 0.25) is 21.8 Å². The topological polar surface area (TPSA) is 86.8 Å². The Balaban J connectivity index is 2.08. The Morgan fingerprint density at radius 2 is 1.53 bits per heavy atom. The third-order valence-corrected chi connectivity index (χ3v) is 7.45. The molecule has 38 heavy (non-hydrogen) atoms. The number of para-hydroxylation sites is 1. The predicted molar refractivity (Wildman–Crippen MR) is 148 cm³/mol. The van der Waals surface area contributed by atoms with Crippen LogP contribution in [-0.4, -0.2) is 51.0 Å². The van der Waals surface area contributed by atoms with E-state index < -0.39 is 40.2 Å². The van der Waals surface area contributed by atoms with E-state index in [0.29, 0.717) is 5.69 Å². The molecule has 0 saturated heterocycles. The second-order valence-electron chi connectivity index (χ2n) is 9.42. The van der Waals surface area contributed by atoms with E-state index in [4.69, 9.17) is 0 Å². The average molecular weight is 540 g/mol. The smallest absolute Gasteiger partial charge is 0.244 e. The zero-order valence-electron chi connectivity index (χ0n) is 22.1. The molecule has 3 aromatic rings. The number of sulfonamides is 1. The van der Waals surface area contributed by atoms with Gasteiger partial charge in [-0.3, -0.25) is 13.9 Å². The fourth-order valence-electron chi connectivity index (χ4n) is 4.33. The minimum Gasteiger partial charge on any atom is -0.357 e. The summed E-state index contributed by atoms with van der Waals surface area (Å²) in [5, 5.41) is 2.60. The maximum Gasteiger partial charge on any atom is 0.244 e. The Morgan fingerprint density at radius 3 is 2.13 bits per heavy atom. The van der Waals surface area contributed by atoms with E-state index in [-0.39, 0.29) is 24.4 Å². The van der Waals surface area contributed by atoms with E-state index in [2.05, 4.69) is 5.32 Å². The van der Waals surface area contributed by atoms with Crippen LogP contribution in [0, 0.1) is 5.82 Å². The van der Waals surface area contributed by atoms with E-state index in [1.54, 1.807) is 30.3 Å². The van der Waals surface area contributed by atoms with Crippen molar-refractivity contribution in [2.24, 2.45) is 0 Å². The summed E-state index contributed by atoms with van der Waals surface area (Å²) in [5.41, 5.74) is 2.18. The third kappa shape index (κ3) is 7.19. The molecular weight excluding hydrogens is 505 g/mol. The Bertz CT molecular complexity index is 1360. The average Bonchev–Trinajstić information content (AvgIpc) is 2.89. The van der Waals surface area contributed by atoms with Gasteiger partial charge in [0, 0.05) is 25.6 Å². The van der Waals surface area contributed by atoms with Gasteiger partial charge < -0.3 is 10.2 Å². The third-order valence-electron chi connectivity index (χ3n) is 6.32. The highest BCUT2D eigenvalue weighted by molar-refractivity contribution is 7.92. The first-order valence-corrected chi connectivity index (χ1v) is 14.2. The number of amides is 2. The van der Waals surface area contributed by atoms with Gasteiger partial charge in [-0.1, -0.05) is 80.6 Å². The quantitative estimate of drug-likeness (QED) is 0.398. The van der Waals surface area contributed by atoms with Crippen LogP contribution in [0.1, 0.15) is 36.5 Å². The summed E-state index contributed by atoms with van der Waals surface area (Å²) in [7, 11) is -2.42. The molecule has 3 aromatic carbocycles. The maximum absolute atomic E-state index is 14.7. The lowest BCUT2D eigenvalue weighted by Gasteiger charge is -2.34. The fourth-order valence-corrected chi connectivity index (χ4v) is 5.20. The number of rotatable bonds is 11. The second-order valence-corrected chi connectivity index (χ2v) is 11.3. The molecule has 1 atom stereocenters. The molecule has 2 amide bonds. The summed E-state index contributed by atoms with van der Waals surface area (Å²) in [6.45, 7) is 3.12. The zero-order chi connectivity index (χ0) is 27.9. The standard InChI is InChI=1S/C29H34FN3O4S/c1-21(2)24-15-9-11-17-26(24)33(38(4,36)37)20-28(34)32(19-23-14-8-10-16-25(23)30)27(29(35)31-3)18-22-12-6-5-7-13-22/h5-17,21,27H,18-20H2,1-4H3,(H,31,35)/t27-/m0/s1. The molecule has 0 aliphatic carbocycles. The molecule has 7 nitrogen and oxygen atoms in total. The zero-order valence-corrected chi connectivity index (χ0v) is 22.9. The molecule has 0 saturated carbocycles. The number of hydrogen-bond donors (Lipinski definition) is 1. The summed E-state index contributed by atoms with van der Waals surface area (Å²) in [6, 6.07) is 21.2. The summed E-state index contributed by atoms with van der Waals surface area (Å²) in [6.07, 6.45) is 1.21. The van der Waals surface area contributed by atoms with Crippen LogP contribution in [0.2, 0.25) is 0 Å². The summed E-state index contributed by atoms with van der Waals surface area (Å²) in [5.74, 6) is -1.59. The molecule has 0 heterocycles. The van der Waals surface area contributed by atoms with Gasteiger partial charge in [0.15, 0.2) is 0 Å². The highest BCUT2D eigenvalue weighted by Gasteiger charge is 2.33. The highest BCUT2D eigenvalue weighted by atomic mass is 32.2. The largest absolute Gasteiger partial charge is 0.357 e. The Morgan fingerprint density at radius 1 is 0.921 bits per heavy atom. The molecule has 202 valence electrons. The van der Waals surface area contributed by atoms with Crippen molar-refractivity contribution in [3.8, 4) is 0 Å². The van der Waals surface area contributed by atoms with Crippen molar-refractivity contribution in [2.75, 3.05) is 24.2 Å². The Hall–Kier alpha value is -3.72. The lowest BCUT2D eigenvalue weighted by atomic mass is 10.0. The lowest BCUT2D eigenvalue weighted by molar-refractivity contribution is -0.139. The number of anilines is 1. The van der Waals surface area contributed by atoms with Crippen LogP contribution in [0.25, 0.3) is 0 Å². The Kier molecular flexibility index (Phi) is 9.63. The fraction of sp³-hybridized carbons (Fsp3) is 0.310. The molecule has 0 aliphatic rings. The summed E-state index contributed by atoms with van der Waals surface area (Å²) in [4.78, 5) is 28.3. The molecule has 9 heteroatoms. The van der Waals surface area contributed by atoms with Crippen LogP contribution < -0.4 is 9.62 Å². The Labute approximate surface area is 224 Å². The van der Waals surface area contributed by atoms with Gasteiger partial charge in [0.1, 0.15) is 18.4 Å². The van der Waals surface area contributed by atoms with Crippen LogP contribution in [-0.2, 0) is 32.6 Å². The number of carbonyl (C=O) groups excluding carboxylic acids is 2. The molecular formula is C29H34FN3O4S. The second kappa shape index (κ2) is 12.7. The molecule has 0 aliphatic heterocycles. The molecule has 0 spiro atoms. The first-order chi connectivity index (χ1) is 18.0. The molecule has 0 aromatic heterocycles.